The third kappa shape index (κ3) is 4.33. The van der Waals surface area contributed by atoms with Crippen molar-refractivity contribution < 1.29 is 14.7 Å². The van der Waals surface area contributed by atoms with E-state index in [2.05, 4.69) is 27.9 Å². The average molecular weight is 347 g/mol. The van der Waals surface area contributed by atoms with Gasteiger partial charge in [-0.1, -0.05) is 6.07 Å². The molecule has 0 aromatic heterocycles. The van der Waals surface area contributed by atoms with Gasteiger partial charge in [0.05, 0.1) is 0 Å². The highest BCUT2D eigenvalue weighted by Crippen LogP contribution is 2.15. The summed E-state index contributed by atoms with van der Waals surface area (Å²) in [5.41, 5.74) is 1.59. The van der Waals surface area contributed by atoms with Crippen LogP contribution in [0.25, 0.3) is 0 Å². The Hall–Kier alpha value is -1.11. The number of aliphatic carboxylic acids is 1. The number of amides is 1. The van der Waals surface area contributed by atoms with Crippen LogP contribution < -0.4 is 5.32 Å². The van der Waals surface area contributed by atoms with Crippen LogP contribution in [0.4, 0.5) is 0 Å². The van der Waals surface area contributed by atoms with E-state index in [9.17, 15) is 9.59 Å². The van der Waals surface area contributed by atoms with Gasteiger partial charge >= 0.3 is 5.97 Å². The fourth-order valence-electron chi connectivity index (χ4n) is 1.39. The smallest absolute Gasteiger partial charge is 0.303 e. The second-order valence-electron chi connectivity index (χ2n) is 3.67. The number of carbonyl (C=O) groups excluding carboxylic acids is 1. The Bertz CT molecular complexity index is 432. The van der Waals surface area contributed by atoms with E-state index in [0.29, 0.717) is 18.5 Å². The Morgan fingerprint density at radius 2 is 2.12 bits per heavy atom. The summed E-state index contributed by atoms with van der Waals surface area (Å²) in [5, 5.41) is 11.2. The zero-order chi connectivity index (χ0) is 12.8. The zero-order valence-electron chi connectivity index (χ0n) is 9.50. The second kappa shape index (κ2) is 6.58. The molecule has 1 rings (SSSR count). The third-order valence-corrected chi connectivity index (χ3v) is 3.53. The van der Waals surface area contributed by atoms with Gasteiger partial charge in [0, 0.05) is 22.1 Å². The summed E-state index contributed by atoms with van der Waals surface area (Å²) in [7, 11) is 0. The standard InChI is InChI=1S/C12H14INO3/c1-8-9(4-2-5-10(8)13)12(17)14-7-3-6-11(15)16/h2,4-5H,3,6-7H2,1H3,(H,14,17)(H,15,16). The van der Waals surface area contributed by atoms with Crippen LogP contribution >= 0.6 is 22.6 Å². The van der Waals surface area contributed by atoms with Crippen LogP contribution in [-0.4, -0.2) is 23.5 Å². The Labute approximate surface area is 114 Å². The van der Waals surface area contributed by atoms with Gasteiger partial charge in [0.1, 0.15) is 0 Å². The van der Waals surface area contributed by atoms with Gasteiger partial charge in [-0.2, -0.15) is 0 Å². The van der Waals surface area contributed by atoms with Crippen molar-refractivity contribution in [3.63, 3.8) is 0 Å². The van der Waals surface area contributed by atoms with Crippen LogP contribution in [0.1, 0.15) is 28.8 Å². The van der Waals surface area contributed by atoms with Gasteiger partial charge in [0.25, 0.3) is 5.91 Å². The SMILES string of the molecule is Cc1c(I)cccc1C(=O)NCCCC(=O)O. The van der Waals surface area contributed by atoms with Crippen molar-refractivity contribution >= 4 is 34.5 Å². The summed E-state index contributed by atoms with van der Waals surface area (Å²) < 4.78 is 1.04. The van der Waals surface area contributed by atoms with E-state index < -0.39 is 5.97 Å². The van der Waals surface area contributed by atoms with Crippen molar-refractivity contribution in [1.82, 2.24) is 5.32 Å². The maximum absolute atomic E-state index is 11.8. The zero-order valence-corrected chi connectivity index (χ0v) is 11.7. The van der Waals surface area contributed by atoms with Crippen molar-refractivity contribution in [3.8, 4) is 0 Å². The van der Waals surface area contributed by atoms with Gasteiger partial charge in [-0.15, -0.1) is 0 Å². The number of halogens is 1. The van der Waals surface area contributed by atoms with E-state index in [-0.39, 0.29) is 12.3 Å². The normalized spacial score (nSPS) is 10.0. The molecule has 2 N–H and O–H groups in total. The summed E-state index contributed by atoms with van der Waals surface area (Å²) in [4.78, 5) is 22.1. The molecule has 0 heterocycles. The maximum Gasteiger partial charge on any atom is 0.303 e. The molecule has 1 aromatic rings. The Morgan fingerprint density at radius 1 is 1.41 bits per heavy atom. The summed E-state index contributed by atoms with van der Waals surface area (Å²) in [5.74, 6) is -0.990. The lowest BCUT2D eigenvalue weighted by atomic mass is 10.1. The second-order valence-corrected chi connectivity index (χ2v) is 4.83. The van der Waals surface area contributed by atoms with E-state index in [4.69, 9.17) is 5.11 Å². The summed E-state index contributed by atoms with van der Waals surface area (Å²) >= 11 is 2.18. The van der Waals surface area contributed by atoms with Crippen LogP contribution in [0.3, 0.4) is 0 Å². The average Bonchev–Trinajstić information content (AvgIpc) is 2.27. The molecular formula is C12H14INO3. The first-order valence-corrected chi connectivity index (χ1v) is 6.35. The molecule has 0 saturated heterocycles. The van der Waals surface area contributed by atoms with Crippen molar-refractivity contribution in [1.29, 1.82) is 0 Å². The topological polar surface area (TPSA) is 66.4 Å². The lowest BCUT2D eigenvalue weighted by Crippen LogP contribution is -2.25. The fourth-order valence-corrected chi connectivity index (χ4v) is 1.89. The molecule has 0 atom stereocenters. The number of hydrogen-bond acceptors (Lipinski definition) is 2. The van der Waals surface area contributed by atoms with Crippen LogP contribution in [0.15, 0.2) is 18.2 Å². The number of carboxylic acids is 1. The fraction of sp³-hybridized carbons (Fsp3) is 0.333. The van der Waals surface area contributed by atoms with Crippen molar-refractivity contribution in [3.05, 3.63) is 32.9 Å². The highest BCUT2D eigenvalue weighted by Gasteiger charge is 2.09. The quantitative estimate of drug-likeness (QED) is 0.634. The Morgan fingerprint density at radius 3 is 2.76 bits per heavy atom. The highest BCUT2D eigenvalue weighted by molar-refractivity contribution is 14.1. The van der Waals surface area contributed by atoms with Crippen molar-refractivity contribution in [2.24, 2.45) is 0 Å². The predicted octanol–water partition coefficient (Wildman–Crippen LogP) is 2.19. The number of carbonyl (C=O) groups is 2. The molecule has 0 aliphatic heterocycles. The predicted molar refractivity (Wildman–Crippen MR) is 73.1 cm³/mol. The number of carboxylic acid groups (broad SMARTS) is 1. The van der Waals surface area contributed by atoms with Gasteiger partial charge in [-0.05, 0) is 53.6 Å². The van der Waals surface area contributed by atoms with Gasteiger partial charge in [-0.3, -0.25) is 9.59 Å². The first-order chi connectivity index (χ1) is 8.02. The van der Waals surface area contributed by atoms with E-state index in [1.807, 2.05) is 19.1 Å². The first-order valence-electron chi connectivity index (χ1n) is 5.27. The number of nitrogens with one attached hydrogen (secondary N) is 1. The lowest BCUT2D eigenvalue weighted by Gasteiger charge is -2.08. The molecule has 0 spiro atoms. The first kappa shape index (κ1) is 14.0. The molecule has 0 radical (unpaired) electrons. The minimum absolute atomic E-state index is 0.0750. The largest absolute Gasteiger partial charge is 0.481 e. The van der Waals surface area contributed by atoms with Gasteiger partial charge in [0.2, 0.25) is 0 Å². The monoisotopic (exact) mass is 347 g/mol. The number of rotatable bonds is 5. The highest BCUT2D eigenvalue weighted by atomic mass is 127. The molecular weight excluding hydrogens is 333 g/mol. The summed E-state index contributed by atoms with van der Waals surface area (Å²) in [6, 6.07) is 5.54. The minimum Gasteiger partial charge on any atom is -0.481 e. The van der Waals surface area contributed by atoms with E-state index >= 15 is 0 Å². The van der Waals surface area contributed by atoms with Crippen molar-refractivity contribution in [2.75, 3.05) is 6.54 Å². The molecule has 17 heavy (non-hydrogen) atoms. The summed E-state index contributed by atoms with van der Waals surface area (Å²) in [6.07, 6.45) is 0.523. The van der Waals surface area contributed by atoms with Gasteiger partial charge in [0.15, 0.2) is 0 Å². The molecule has 0 fully saturated rings. The lowest BCUT2D eigenvalue weighted by molar-refractivity contribution is -0.137. The van der Waals surface area contributed by atoms with Crippen LogP contribution in [0.5, 0.6) is 0 Å². The van der Waals surface area contributed by atoms with Gasteiger partial charge in [-0.25, -0.2) is 0 Å². The van der Waals surface area contributed by atoms with E-state index in [1.165, 1.54) is 0 Å². The Kier molecular flexibility index (Phi) is 5.40. The van der Waals surface area contributed by atoms with Crippen LogP contribution in [-0.2, 0) is 4.79 Å². The molecule has 92 valence electrons. The molecule has 1 amide bonds. The Balaban J connectivity index is 2.53. The number of benzene rings is 1. The van der Waals surface area contributed by atoms with Crippen LogP contribution in [0, 0.1) is 10.5 Å². The van der Waals surface area contributed by atoms with E-state index in [0.717, 1.165) is 9.13 Å². The van der Waals surface area contributed by atoms with Crippen LogP contribution in [0.2, 0.25) is 0 Å². The van der Waals surface area contributed by atoms with Gasteiger partial charge < -0.3 is 10.4 Å². The maximum atomic E-state index is 11.8. The minimum atomic E-state index is -0.843. The molecule has 1 aromatic carbocycles. The molecule has 4 nitrogen and oxygen atoms in total. The molecule has 5 heteroatoms. The molecule has 0 saturated carbocycles. The molecule has 0 aliphatic rings. The van der Waals surface area contributed by atoms with Crippen molar-refractivity contribution in [2.45, 2.75) is 19.8 Å². The third-order valence-electron chi connectivity index (χ3n) is 2.37. The van der Waals surface area contributed by atoms with E-state index in [1.54, 1.807) is 6.07 Å². The molecule has 0 unspecified atom stereocenters. The molecule has 0 bridgehead atoms. The number of hydrogen-bond donors (Lipinski definition) is 2. The molecule has 0 aliphatic carbocycles. The summed E-state index contributed by atoms with van der Waals surface area (Å²) in [6.45, 7) is 2.28.